The molecule has 0 saturated heterocycles. The first kappa shape index (κ1) is 12.7. The SMILES string of the molecule is CCC(C(=O)O)N(C)CCc1cnn(C)c1. The molecule has 1 unspecified atom stereocenters. The van der Waals surface area contributed by atoms with Crippen LogP contribution in [0.25, 0.3) is 0 Å². The Morgan fingerprint density at radius 2 is 2.38 bits per heavy atom. The van der Waals surface area contributed by atoms with Crippen LogP contribution < -0.4 is 0 Å². The van der Waals surface area contributed by atoms with Crippen LogP contribution in [0.3, 0.4) is 0 Å². The maximum atomic E-state index is 10.9. The van der Waals surface area contributed by atoms with E-state index in [2.05, 4.69) is 5.10 Å². The molecule has 0 fully saturated rings. The van der Waals surface area contributed by atoms with Crippen LogP contribution >= 0.6 is 0 Å². The molecule has 1 heterocycles. The second-order valence-corrected chi connectivity index (χ2v) is 4.02. The standard InChI is InChI=1S/C11H19N3O2/c1-4-10(11(15)16)13(2)6-5-9-7-12-14(3)8-9/h7-8,10H,4-6H2,1-3H3,(H,15,16). The van der Waals surface area contributed by atoms with E-state index in [4.69, 9.17) is 5.11 Å². The number of carboxylic acids is 1. The van der Waals surface area contributed by atoms with Gasteiger partial charge < -0.3 is 5.11 Å². The highest BCUT2D eigenvalue weighted by atomic mass is 16.4. The highest BCUT2D eigenvalue weighted by Gasteiger charge is 2.19. The second kappa shape index (κ2) is 5.65. The molecule has 5 nitrogen and oxygen atoms in total. The van der Waals surface area contributed by atoms with Crippen LogP contribution in [-0.4, -0.2) is 45.4 Å². The number of hydrogen-bond donors (Lipinski definition) is 1. The number of carboxylic acid groups (broad SMARTS) is 1. The summed E-state index contributed by atoms with van der Waals surface area (Å²) in [7, 11) is 3.72. The fourth-order valence-electron chi connectivity index (χ4n) is 1.74. The summed E-state index contributed by atoms with van der Waals surface area (Å²) in [6.45, 7) is 2.62. The molecule has 16 heavy (non-hydrogen) atoms. The van der Waals surface area contributed by atoms with Crippen molar-refractivity contribution in [2.75, 3.05) is 13.6 Å². The summed E-state index contributed by atoms with van der Waals surface area (Å²) >= 11 is 0. The quantitative estimate of drug-likeness (QED) is 0.776. The van der Waals surface area contributed by atoms with Crippen molar-refractivity contribution in [3.8, 4) is 0 Å². The van der Waals surface area contributed by atoms with Crippen LogP contribution in [0.4, 0.5) is 0 Å². The normalized spacial score (nSPS) is 13.0. The van der Waals surface area contributed by atoms with E-state index in [1.165, 1.54) is 0 Å². The maximum Gasteiger partial charge on any atom is 0.320 e. The summed E-state index contributed by atoms with van der Waals surface area (Å²) in [5, 5.41) is 13.1. The van der Waals surface area contributed by atoms with Gasteiger partial charge in [-0.1, -0.05) is 6.92 Å². The van der Waals surface area contributed by atoms with E-state index in [-0.39, 0.29) is 0 Å². The third kappa shape index (κ3) is 3.34. The molecular formula is C11H19N3O2. The number of carbonyl (C=O) groups is 1. The lowest BCUT2D eigenvalue weighted by Gasteiger charge is -2.22. The topological polar surface area (TPSA) is 58.4 Å². The largest absolute Gasteiger partial charge is 0.480 e. The van der Waals surface area contributed by atoms with Gasteiger partial charge in [0.2, 0.25) is 0 Å². The van der Waals surface area contributed by atoms with Gasteiger partial charge in [0.1, 0.15) is 6.04 Å². The fourth-order valence-corrected chi connectivity index (χ4v) is 1.74. The lowest BCUT2D eigenvalue weighted by molar-refractivity contribution is -0.142. The summed E-state index contributed by atoms with van der Waals surface area (Å²) in [5.41, 5.74) is 1.13. The summed E-state index contributed by atoms with van der Waals surface area (Å²) in [6.07, 6.45) is 5.22. The van der Waals surface area contributed by atoms with Gasteiger partial charge in [-0.15, -0.1) is 0 Å². The van der Waals surface area contributed by atoms with Gasteiger partial charge in [0, 0.05) is 19.8 Å². The molecule has 5 heteroatoms. The molecule has 90 valence electrons. The van der Waals surface area contributed by atoms with Gasteiger partial charge in [0.25, 0.3) is 0 Å². The van der Waals surface area contributed by atoms with E-state index in [1.54, 1.807) is 4.68 Å². The summed E-state index contributed by atoms with van der Waals surface area (Å²) in [4.78, 5) is 12.8. The van der Waals surface area contributed by atoms with Crippen LogP contribution in [0.2, 0.25) is 0 Å². The third-order valence-corrected chi connectivity index (χ3v) is 2.72. The van der Waals surface area contributed by atoms with Crippen LogP contribution in [0.1, 0.15) is 18.9 Å². The van der Waals surface area contributed by atoms with E-state index in [1.807, 2.05) is 38.3 Å². The zero-order valence-electron chi connectivity index (χ0n) is 10.1. The summed E-state index contributed by atoms with van der Waals surface area (Å²) in [6, 6.07) is -0.392. The number of nitrogens with zero attached hydrogens (tertiary/aromatic N) is 3. The molecule has 1 atom stereocenters. The van der Waals surface area contributed by atoms with Crippen LogP contribution in [0, 0.1) is 0 Å². The lowest BCUT2D eigenvalue weighted by Crippen LogP contribution is -2.39. The van der Waals surface area contributed by atoms with Crippen LogP contribution in [0.15, 0.2) is 12.4 Å². The van der Waals surface area contributed by atoms with Crippen molar-refractivity contribution in [3.05, 3.63) is 18.0 Å². The van der Waals surface area contributed by atoms with Gasteiger partial charge in [-0.25, -0.2) is 0 Å². The molecule has 0 aliphatic heterocycles. The number of likely N-dealkylation sites (N-methyl/N-ethyl adjacent to an activating group) is 1. The molecule has 1 rings (SSSR count). The van der Waals surface area contributed by atoms with Gasteiger partial charge in [0.15, 0.2) is 0 Å². The van der Waals surface area contributed by atoms with E-state index < -0.39 is 12.0 Å². The molecule has 0 spiro atoms. The van der Waals surface area contributed by atoms with Crippen molar-refractivity contribution >= 4 is 5.97 Å². The number of rotatable bonds is 6. The monoisotopic (exact) mass is 225 g/mol. The average molecular weight is 225 g/mol. The summed E-state index contributed by atoms with van der Waals surface area (Å²) < 4.78 is 1.75. The van der Waals surface area contributed by atoms with Crippen molar-refractivity contribution in [3.63, 3.8) is 0 Å². The molecule has 1 N–H and O–H groups in total. The minimum atomic E-state index is -0.754. The Labute approximate surface area is 95.7 Å². The Morgan fingerprint density at radius 3 is 2.81 bits per heavy atom. The molecule has 0 radical (unpaired) electrons. The van der Waals surface area contributed by atoms with Crippen LogP contribution in [0.5, 0.6) is 0 Å². The number of hydrogen-bond acceptors (Lipinski definition) is 3. The van der Waals surface area contributed by atoms with Gasteiger partial charge in [-0.2, -0.15) is 5.10 Å². The molecule has 1 aromatic heterocycles. The zero-order chi connectivity index (χ0) is 12.1. The minimum Gasteiger partial charge on any atom is -0.480 e. The molecule has 0 aromatic carbocycles. The molecule has 0 aliphatic rings. The molecule has 0 amide bonds. The van der Waals surface area contributed by atoms with Gasteiger partial charge in [0.05, 0.1) is 6.20 Å². The van der Waals surface area contributed by atoms with Gasteiger partial charge in [-0.05, 0) is 25.5 Å². The molecule has 0 saturated carbocycles. The predicted octanol–water partition coefficient (Wildman–Crippen LogP) is 0.758. The number of aryl methyl sites for hydroxylation is 1. The highest BCUT2D eigenvalue weighted by molar-refractivity contribution is 5.73. The molecular weight excluding hydrogens is 206 g/mol. The highest BCUT2D eigenvalue weighted by Crippen LogP contribution is 2.05. The predicted molar refractivity (Wildman–Crippen MR) is 61.3 cm³/mol. The number of aliphatic carboxylic acids is 1. The Hall–Kier alpha value is -1.36. The van der Waals surface area contributed by atoms with Crippen molar-refractivity contribution in [1.82, 2.24) is 14.7 Å². The Kier molecular flexibility index (Phi) is 4.49. The summed E-state index contributed by atoms with van der Waals surface area (Å²) in [5.74, 6) is -0.754. The molecule has 0 bridgehead atoms. The molecule has 1 aromatic rings. The van der Waals surface area contributed by atoms with E-state index in [0.717, 1.165) is 18.5 Å². The van der Waals surface area contributed by atoms with E-state index >= 15 is 0 Å². The second-order valence-electron chi connectivity index (χ2n) is 4.02. The van der Waals surface area contributed by atoms with Crippen molar-refractivity contribution in [2.24, 2.45) is 7.05 Å². The van der Waals surface area contributed by atoms with Crippen molar-refractivity contribution in [1.29, 1.82) is 0 Å². The van der Waals surface area contributed by atoms with Gasteiger partial charge >= 0.3 is 5.97 Å². The first-order chi connectivity index (χ1) is 7.54. The maximum absolute atomic E-state index is 10.9. The third-order valence-electron chi connectivity index (χ3n) is 2.72. The zero-order valence-corrected chi connectivity index (χ0v) is 10.1. The Morgan fingerprint density at radius 1 is 1.69 bits per heavy atom. The first-order valence-electron chi connectivity index (χ1n) is 5.45. The Bertz CT molecular complexity index is 349. The Balaban J connectivity index is 2.45. The van der Waals surface area contributed by atoms with Crippen LogP contribution in [-0.2, 0) is 18.3 Å². The van der Waals surface area contributed by atoms with Crippen molar-refractivity contribution < 1.29 is 9.90 Å². The van der Waals surface area contributed by atoms with Gasteiger partial charge in [-0.3, -0.25) is 14.4 Å². The minimum absolute atomic E-state index is 0.392. The molecule has 0 aliphatic carbocycles. The lowest BCUT2D eigenvalue weighted by atomic mass is 10.2. The smallest absolute Gasteiger partial charge is 0.320 e. The first-order valence-corrected chi connectivity index (χ1v) is 5.45. The van der Waals surface area contributed by atoms with Crippen molar-refractivity contribution in [2.45, 2.75) is 25.8 Å². The van der Waals surface area contributed by atoms with E-state index in [0.29, 0.717) is 6.42 Å². The fraction of sp³-hybridized carbons (Fsp3) is 0.636. The van der Waals surface area contributed by atoms with E-state index in [9.17, 15) is 4.79 Å². The number of aromatic nitrogens is 2. The average Bonchev–Trinajstić information content (AvgIpc) is 2.62.